The van der Waals surface area contributed by atoms with E-state index in [1.165, 1.54) is 0 Å². The lowest BCUT2D eigenvalue weighted by Crippen LogP contribution is -2.38. The molecule has 96 valence electrons. The van der Waals surface area contributed by atoms with Crippen molar-refractivity contribution in [1.29, 1.82) is 0 Å². The van der Waals surface area contributed by atoms with Crippen LogP contribution in [0.1, 0.15) is 51.9 Å². The first-order chi connectivity index (χ1) is 8.26. The minimum atomic E-state index is -0.265. The number of alkyl carbamates (subject to hydrolysis) is 1. The lowest BCUT2D eigenvalue weighted by Gasteiger charge is -2.27. The van der Waals surface area contributed by atoms with E-state index in [9.17, 15) is 4.79 Å². The Kier molecular flexibility index (Phi) is 6.54. The molecule has 17 heavy (non-hydrogen) atoms. The molecule has 1 fully saturated rings. The first kappa shape index (κ1) is 13.9. The van der Waals surface area contributed by atoms with E-state index in [2.05, 4.69) is 18.2 Å². The molecule has 1 rings (SSSR count). The van der Waals surface area contributed by atoms with Crippen LogP contribution in [0, 0.1) is 18.3 Å². The van der Waals surface area contributed by atoms with Gasteiger partial charge in [-0.05, 0) is 38.0 Å². The third kappa shape index (κ3) is 5.63. The van der Waals surface area contributed by atoms with Gasteiger partial charge in [-0.2, -0.15) is 0 Å². The van der Waals surface area contributed by atoms with Gasteiger partial charge in [-0.15, -0.1) is 12.3 Å². The molecule has 0 spiro atoms. The Morgan fingerprint density at radius 3 is 2.71 bits per heavy atom. The van der Waals surface area contributed by atoms with E-state index >= 15 is 0 Å². The van der Waals surface area contributed by atoms with Crippen LogP contribution in [0.2, 0.25) is 0 Å². The van der Waals surface area contributed by atoms with Crippen molar-refractivity contribution in [3.63, 3.8) is 0 Å². The third-order valence-corrected chi connectivity index (χ3v) is 3.31. The van der Waals surface area contributed by atoms with E-state index < -0.39 is 0 Å². The second-order valence-corrected chi connectivity index (χ2v) is 4.76. The topological polar surface area (TPSA) is 38.3 Å². The highest BCUT2D eigenvalue weighted by atomic mass is 16.5. The Labute approximate surface area is 104 Å². The number of unbranched alkanes of at least 4 members (excludes halogenated alkanes) is 1. The number of carbonyl (C=O) groups excluding carboxylic acids is 1. The molecule has 0 bridgehead atoms. The van der Waals surface area contributed by atoms with Gasteiger partial charge in [-0.25, -0.2) is 4.79 Å². The third-order valence-electron chi connectivity index (χ3n) is 3.31. The van der Waals surface area contributed by atoms with Gasteiger partial charge < -0.3 is 10.1 Å². The summed E-state index contributed by atoms with van der Waals surface area (Å²) in [5.41, 5.74) is 0. The molecule has 0 aromatic rings. The minimum absolute atomic E-state index is 0.265. The maximum atomic E-state index is 11.4. The van der Waals surface area contributed by atoms with Gasteiger partial charge >= 0.3 is 6.09 Å². The Hall–Kier alpha value is -1.17. The summed E-state index contributed by atoms with van der Waals surface area (Å²) in [4.78, 5) is 11.4. The van der Waals surface area contributed by atoms with Gasteiger partial charge in [0.25, 0.3) is 0 Å². The first-order valence-corrected chi connectivity index (χ1v) is 6.63. The van der Waals surface area contributed by atoms with Crippen LogP contribution < -0.4 is 5.32 Å². The highest BCUT2D eigenvalue weighted by Crippen LogP contribution is 2.26. The fraction of sp³-hybridized carbons (Fsp3) is 0.786. The van der Waals surface area contributed by atoms with Gasteiger partial charge in [0.05, 0.1) is 6.61 Å². The molecule has 0 atom stereocenters. The molecule has 1 aliphatic rings. The fourth-order valence-electron chi connectivity index (χ4n) is 2.20. The molecule has 1 amide bonds. The summed E-state index contributed by atoms with van der Waals surface area (Å²) >= 11 is 0. The maximum absolute atomic E-state index is 11.4. The summed E-state index contributed by atoms with van der Waals surface area (Å²) < 4.78 is 5.08. The Morgan fingerprint density at radius 1 is 1.41 bits per heavy atom. The molecule has 1 N–H and O–H groups in total. The largest absolute Gasteiger partial charge is 0.450 e. The van der Waals surface area contributed by atoms with Crippen LogP contribution in [-0.4, -0.2) is 18.7 Å². The Bertz CT molecular complexity index is 262. The summed E-state index contributed by atoms with van der Waals surface area (Å²) in [6.45, 7) is 2.60. The zero-order chi connectivity index (χ0) is 12.5. The first-order valence-electron chi connectivity index (χ1n) is 6.63. The maximum Gasteiger partial charge on any atom is 0.407 e. The van der Waals surface area contributed by atoms with Gasteiger partial charge in [0.15, 0.2) is 0 Å². The van der Waals surface area contributed by atoms with Crippen LogP contribution in [0.5, 0.6) is 0 Å². The zero-order valence-electron chi connectivity index (χ0n) is 10.7. The summed E-state index contributed by atoms with van der Waals surface area (Å²) in [7, 11) is 0. The van der Waals surface area contributed by atoms with Crippen molar-refractivity contribution < 1.29 is 9.53 Å². The molecule has 3 heteroatoms. The van der Waals surface area contributed by atoms with Crippen molar-refractivity contribution in [2.45, 2.75) is 57.9 Å². The minimum Gasteiger partial charge on any atom is -0.450 e. The normalized spacial score (nSPS) is 23.8. The van der Waals surface area contributed by atoms with E-state index in [4.69, 9.17) is 11.2 Å². The van der Waals surface area contributed by atoms with Crippen LogP contribution >= 0.6 is 0 Å². The predicted octanol–water partition coefficient (Wildman–Crippen LogP) is 3.09. The van der Waals surface area contributed by atoms with Crippen molar-refractivity contribution in [3.05, 3.63) is 0 Å². The molecule has 0 aromatic carbocycles. The molecule has 0 unspecified atom stereocenters. The predicted molar refractivity (Wildman–Crippen MR) is 68.6 cm³/mol. The molecule has 0 aliphatic heterocycles. The molecular weight excluding hydrogens is 214 g/mol. The second kappa shape index (κ2) is 8.00. The zero-order valence-corrected chi connectivity index (χ0v) is 10.7. The fourth-order valence-corrected chi connectivity index (χ4v) is 2.20. The van der Waals surface area contributed by atoms with Crippen LogP contribution in [0.3, 0.4) is 0 Å². The number of ether oxygens (including phenoxy) is 1. The van der Waals surface area contributed by atoms with E-state index in [0.29, 0.717) is 12.5 Å². The van der Waals surface area contributed by atoms with Gasteiger partial charge in [0, 0.05) is 12.5 Å². The van der Waals surface area contributed by atoms with Crippen molar-refractivity contribution in [3.8, 4) is 12.3 Å². The molecule has 1 aliphatic carbocycles. The monoisotopic (exact) mass is 237 g/mol. The molecule has 1 saturated carbocycles. The average molecular weight is 237 g/mol. The number of terminal acetylenes is 1. The molecule has 0 radical (unpaired) electrons. The molecular formula is C14H23NO2. The van der Waals surface area contributed by atoms with Gasteiger partial charge in [0.2, 0.25) is 0 Å². The average Bonchev–Trinajstić information content (AvgIpc) is 2.32. The molecule has 0 saturated heterocycles. The summed E-state index contributed by atoms with van der Waals surface area (Å²) in [6.07, 6.45) is 12.2. The number of amides is 1. The van der Waals surface area contributed by atoms with Gasteiger partial charge in [-0.3, -0.25) is 0 Å². The number of hydrogen-bond donors (Lipinski definition) is 1. The van der Waals surface area contributed by atoms with Gasteiger partial charge in [0.1, 0.15) is 0 Å². The Balaban J connectivity index is 2.13. The van der Waals surface area contributed by atoms with Crippen LogP contribution in [0.4, 0.5) is 4.79 Å². The lowest BCUT2D eigenvalue weighted by atomic mass is 9.84. The van der Waals surface area contributed by atoms with Crippen LogP contribution in [0.25, 0.3) is 0 Å². The van der Waals surface area contributed by atoms with Gasteiger partial charge in [-0.1, -0.05) is 13.3 Å². The van der Waals surface area contributed by atoms with E-state index in [-0.39, 0.29) is 12.1 Å². The second-order valence-electron chi connectivity index (χ2n) is 4.76. The van der Waals surface area contributed by atoms with E-state index in [0.717, 1.165) is 44.9 Å². The lowest BCUT2D eigenvalue weighted by molar-refractivity contribution is 0.136. The number of nitrogens with one attached hydrogen (secondary N) is 1. The van der Waals surface area contributed by atoms with E-state index in [1.54, 1.807) is 0 Å². The number of rotatable bonds is 5. The number of carbonyl (C=O) groups is 1. The quantitative estimate of drug-likeness (QED) is 0.589. The van der Waals surface area contributed by atoms with Crippen LogP contribution in [0.15, 0.2) is 0 Å². The van der Waals surface area contributed by atoms with Crippen LogP contribution in [-0.2, 0) is 4.74 Å². The summed E-state index contributed by atoms with van der Waals surface area (Å²) in [5.74, 6) is 3.36. The molecule has 0 heterocycles. The van der Waals surface area contributed by atoms with Crippen molar-refractivity contribution >= 4 is 6.09 Å². The molecule has 0 aromatic heterocycles. The highest BCUT2D eigenvalue weighted by molar-refractivity contribution is 5.67. The smallest absolute Gasteiger partial charge is 0.407 e. The van der Waals surface area contributed by atoms with Crippen molar-refractivity contribution in [2.75, 3.05) is 6.61 Å². The van der Waals surface area contributed by atoms with E-state index in [1.807, 2.05) is 0 Å². The summed E-state index contributed by atoms with van der Waals surface area (Å²) in [6, 6.07) is 0.276. The highest BCUT2D eigenvalue weighted by Gasteiger charge is 2.22. The standard InChI is InChI=1S/C14H23NO2/c1-3-5-11-17-14(16)15-13-9-7-12(6-4-2)8-10-13/h2,12-13H,3,5-11H2,1H3,(H,15,16). The van der Waals surface area contributed by atoms with Crippen molar-refractivity contribution in [1.82, 2.24) is 5.32 Å². The number of hydrogen-bond acceptors (Lipinski definition) is 2. The summed E-state index contributed by atoms with van der Waals surface area (Å²) in [5, 5.41) is 2.93. The van der Waals surface area contributed by atoms with Crippen molar-refractivity contribution in [2.24, 2.45) is 5.92 Å². The SMILES string of the molecule is C#CCC1CCC(NC(=O)OCCCC)CC1. The molecule has 3 nitrogen and oxygen atoms in total. The Morgan fingerprint density at radius 2 is 2.12 bits per heavy atom.